The normalized spacial score (nSPS) is 11.2. The molecular weight excluding hydrogens is 757 g/mol. The molecule has 0 fully saturated rings. The van der Waals surface area contributed by atoms with Crippen LogP contribution in [0.25, 0.3) is 66.8 Å². The quantitative estimate of drug-likeness (QED) is 0.138. The van der Waals surface area contributed by atoms with E-state index >= 15 is 0 Å². The van der Waals surface area contributed by atoms with Crippen LogP contribution in [-0.4, -0.2) is 0 Å². The van der Waals surface area contributed by atoms with E-state index in [-0.39, 0.29) is 0 Å². The molecule has 294 valence electrons. The number of hydrogen-bond acceptors (Lipinski definition) is 4. The monoisotopic (exact) mass is 796 g/mol. The molecule has 0 spiro atoms. The highest BCUT2D eigenvalue weighted by molar-refractivity contribution is 6.11. The summed E-state index contributed by atoms with van der Waals surface area (Å²) < 4.78 is 13.9. The third kappa shape index (κ3) is 6.80. The van der Waals surface area contributed by atoms with E-state index in [1.807, 2.05) is 12.1 Å². The van der Waals surface area contributed by atoms with Crippen LogP contribution in [0.15, 0.2) is 251 Å². The molecule has 0 N–H and O–H groups in total. The average Bonchev–Trinajstić information content (AvgIpc) is 3.91. The molecule has 11 aromatic rings. The third-order valence-electron chi connectivity index (χ3n) is 11.5. The van der Waals surface area contributed by atoms with E-state index in [1.54, 1.807) is 0 Å². The first kappa shape index (κ1) is 36.7. The number of anilines is 6. The number of benzene rings is 9. The SMILES string of the molecule is c1ccc(-c2oc3cc4c(-c5ccc(N(c6ccccc6)c6ccccc6)cc5)c(-c5ccccc5)oc4cc3c2-c2ccc(N(c3ccccc3)c3ccccc3)cc2)cc1. The van der Waals surface area contributed by atoms with Crippen LogP contribution in [0.1, 0.15) is 0 Å². The summed E-state index contributed by atoms with van der Waals surface area (Å²) in [5.74, 6) is 1.64. The molecule has 0 radical (unpaired) electrons. The summed E-state index contributed by atoms with van der Waals surface area (Å²) in [5, 5.41) is 1.98. The van der Waals surface area contributed by atoms with Crippen LogP contribution in [0.5, 0.6) is 0 Å². The van der Waals surface area contributed by atoms with Gasteiger partial charge in [-0.05, 0) is 96.1 Å². The average molecular weight is 797 g/mol. The van der Waals surface area contributed by atoms with Crippen molar-refractivity contribution in [2.45, 2.75) is 0 Å². The second kappa shape index (κ2) is 16.0. The maximum absolute atomic E-state index is 6.96. The smallest absolute Gasteiger partial charge is 0.143 e. The van der Waals surface area contributed by atoms with Crippen LogP contribution < -0.4 is 9.80 Å². The Balaban J connectivity index is 1.06. The first-order valence-electron chi connectivity index (χ1n) is 20.9. The number of nitrogens with zero attached hydrogens (tertiary/aromatic N) is 2. The van der Waals surface area contributed by atoms with Crippen molar-refractivity contribution in [2.75, 3.05) is 9.80 Å². The Kier molecular flexibility index (Phi) is 9.49. The van der Waals surface area contributed by atoms with Gasteiger partial charge >= 0.3 is 0 Å². The molecule has 9 aromatic carbocycles. The van der Waals surface area contributed by atoms with Crippen molar-refractivity contribution in [1.82, 2.24) is 0 Å². The molecule has 0 aliphatic carbocycles. The van der Waals surface area contributed by atoms with E-state index < -0.39 is 0 Å². The van der Waals surface area contributed by atoms with Crippen molar-refractivity contribution < 1.29 is 8.83 Å². The lowest BCUT2D eigenvalue weighted by Crippen LogP contribution is -2.09. The second-order valence-electron chi connectivity index (χ2n) is 15.3. The zero-order valence-corrected chi connectivity index (χ0v) is 33.8. The maximum atomic E-state index is 6.96. The van der Waals surface area contributed by atoms with E-state index in [4.69, 9.17) is 8.83 Å². The van der Waals surface area contributed by atoms with Gasteiger partial charge in [-0.2, -0.15) is 0 Å². The number of para-hydroxylation sites is 4. The zero-order valence-electron chi connectivity index (χ0n) is 33.8. The lowest BCUT2D eigenvalue weighted by Gasteiger charge is -2.25. The Labute approximate surface area is 360 Å². The van der Waals surface area contributed by atoms with Gasteiger partial charge in [0.15, 0.2) is 0 Å². The highest BCUT2D eigenvalue weighted by Crippen LogP contribution is 2.48. The van der Waals surface area contributed by atoms with Gasteiger partial charge in [0.2, 0.25) is 0 Å². The maximum Gasteiger partial charge on any atom is 0.143 e. The molecule has 0 saturated heterocycles. The van der Waals surface area contributed by atoms with Gasteiger partial charge in [-0.25, -0.2) is 0 Å². The van der Waals surface area contributed by atoms with Gasteiger partial charge in [-0.3, -0.25) is 0 Å². The van der Waals surface area contributed by atoms with Gasteiger partial charge in [0.1, 0.15) is 22.7 Å². The lowest BCUT2D eigenvalue weighted by molar-refractivity contribution is 0.628. The topological polar surface area (TPSA) is 32.8 Å². The first-order valence-corrected chi connectivity index (χ1v) is 20.9. The van der Waals surface area contributed by atoms with Gasteiger partial charge in [-0.1, -0.05) is 158 Å². The molecule has 0 aliphatic rings. The Morgan fingerprint density at radius 1 is 0.242 bits per heavy atom. The molecule has 0 bridgehead atoms. The summed E-state index contributed by atoms with van der Waals surface area (Å²) in [7, 11) is 0. The molecule has 0 saturated carbocycles. The molecule has 11 rings (SSSR count). The number of fused-ring (bicyclic) bond motifs is 2. The lowest BCUT2D eigenvalue weighted by atomic mass is 9.95. The predicted octanol–water partition coefficient (Wildman–Crippen LogP) is 16.8. The molecule has 4 nitrogen and oxygen atoms in total. The van der Waals surface area contributed by atoms with E-state index in [9.17, 15) is 0 Å². The van der Waals surface area contributed by atoms with E-state index in [1.165, 1.54) is 0 Å². The third-order valence-corrected chi connectivity index (χ3v) is 11.5. The van der Waals surface area contributed by atoms with Gasteiger partial charge in [0.25, 0.3) is 0 Å². The first-order chi connectivity index (χ1) is 30.8. The summed E-state index contributed by atoms with van der Waals surface area (Å²) in [6.45, 7) is 0. The van der Waals surface area contributed by atoms with Crippen molar-refractivity contribution in [3.63, 3.8) is 0 Å². The van der Waals surface area contributed by atoms with Gasteiger partial charge in [0, 0.05) is 67.2 Å². The number of hydrogen-bond donors (Lipinski definition) is 0. The summed E-state index contributed by atoms with van der Waals surface area (Å²) in [4.78, 5) is 4.56. The minimum Gasteiger partial charge on any atom is -0.455 e. The zero-order chi connectivity index (χ0) is 41.2. The van der Waals surface area contributed by atoms with Gasteiger partial charge in [-0.15, -0.1) is 0 Å². The second-order valence-corrected chi connectivity index (χ2v) is 15.3. The van der Waals surface area contributed by atoms with Crippen molar-refractivity contribution in [1.29, 1.82) is 0 Å². The number of furan rings is 2. The molecule has 0 atom stereocenters. The summed E-state index contributed by atoms with van der Waals surface area (Å²) in [6, 6.07) is 84.6. The largest absolute Gasteiger partial charge is 0.455 e. The Morgan fingerprint density at radius 2 is 0.500 bits per heavy atom. The molecule has 2 heterocycles. The van der Waals surface area contributed by atoms with Crippen molar-refractivity contribution >= 4 is 56.1 Å². The molecular formula is C58H40N2O2. The minimum atomic E-state index is 0.795. The van der Waals surface area contributed by atoms with Crippen LogP contribution >= 0.6 is 0 Å². The highest BCUT2D eigenvalue weighted by atomic mass is 16.3. The standard InChI is InChI=1S/C58H40N2O2/c1-7-19-43(20-8-1)57-55(41-31-35-49(36-32-41)59(45-23-11-3-12-24-45)46-25-13-4-14-26-46)51-39-54-52(40-53(51)61-57)56(58(62-54)44-21-9-2-10-22-44)42-33-37-50(38-34-42)60(47-27-15-5-16-28-47)48-29-17-6-18-30-48/h1-40H. The Morgan fingerprint density at radius 3 is 0.790 bits per heavy atom. The summed E-state index contributed by atoms with van der Waals surface area (Å²) in [6.07, 6.45) is 0. The van der Waals surface area contributed by atoms with Crippen molar-refractivity contribution in [2.24, 2.45) is 0 Å². The summed E-state index contributed by atoms with van der Waals surface area (Å²) in [5.41, 5.74) is 14.3. The molecule has 0 amide bonds. The van der Waals surface area contributed by atoms with E-state index in [0.717, 1.165) is 101 Å². The van der Waals surface area contributed by atoms with Crippen molar-refractivity contribution in [3.05, 3.63) is 243 Å². The Hall–Kier alpha value is -8.34. The molecule has 0 aliphatic heterocycles. The predicted molar refractivity (Wildman–Crippen MR) is 257 cm³/mol. The van der Waals surface area contributed by atoms with Gasteiger partial charge in [0.05, 0.1) is 0 Å². The summed E-state index contributed by atoms with van der Waals surface area (Å²) >= 11 is 0. The number of rotatable bonds is 10. The van der Waals surface area contributed by atoms with Crippen LogP contribution in [0.3, 0.4) is 0 Å². The van der Waals surface area contributed by atoms with E-state index in [2.05, 4.69) is 240 Å². The van der Waals surface area contributed by atoms with Gasteiger partial charge < -0.3 is 18.6 Å². The van der Waals surface area contributed by atoms with Crippen LogP contribution in [-0.2, 0) is 0 Å². The highest BCUT2D eigenvalue weighted by Gasteiger charge is 2.24. The van der Waals surface area contributed by atoms with E-state index in [0.29, 0.717) is 0 Å². The fourth-order valence-electron chi connectivity index (χ4n) is 8.60. The molecule has 4 heteroatoms. The fourth-order valence-corrected chi connectivity index (χ4v) is 8.60. The Bertz CT molecular complexity index is 2930. The van der Waals surface area contributed by atoms with Crippen LogP contribution in [0.2, 0.25) is 0 Å². The minimum absolute atomic E-state index is 0.795. The van der Waals surface area contributed by atoms with Crippen LogP contribution in [0.4, 0.5) is 34.1 Å². The van der Waals surface area contributed by atoms with Crippen LogP contribution in [0, 0.1) is 0 Å². The molecule has 0 unspecified atom stereocenters. The molecule has 2 aromatic heterocycles. The fraction of sp³-hybridized carbons (Fsp3) is 0. The van der Waals surface area contributed by atoms with Crippen molar-refractivity contribution in [3.8, 4) is 44.9 Å². The molecule has 62 heavy (non-hydrogen) atoms.